The summed E-state index contributed by atoms with van der Waals surface area (Å²) in [4.78, 5) is 29.0. The molecule has 0 saturated heterocycles. The number of benzene rings is 2. The molecule has 1 aromatic heterocycles. The summed E-state index contributed by atoms with van der Waals surface area (Å²) in [7, 11) is 3.01. The summed E-state index contributed by atoms with van der Waals surface area (Å²) in [6.45, 7) is 3.93. The van der Waals surface area contributed by atoms with Crippen molar-refractivity contribution in [3.8, 4) is 22.8 Å². The first-order valence-electron chi connectivity index (χ1n) is 9.24. The zero-order chi connectivity index (χ0) is 21.7. The van der Waals surface area contributed by atoms with Crippen molar-refractivity contribution in [3.05, 3.63) is 58.5 Å². The Labute approximate surface area is 179 Å². The molecule has 30 heavy (non-hydrogen) atoms. The van der Waals surface area contributed by atoms with Gasteiger partial charge in [-0.25, -0.2) is 4.98 Å². The quantitative estimate of drug-likeness (QED) is 0.601. The van der Waals surface area contributed by atoms with Crippen LogP contribution in [-0.2, 0) is 4.79 Å². The number of hydrogen-bond acceptors (Lipinski definition) is 6. The molecule has 0 aliphatic carbocycles. The maximum Gasteiger partial charge on any atom is 0.251 e. The monoisotopic (exact) mass is 425 g/mol. The van der Waals surface area contributed by atoms with E-state index in [2.05, 4.69) is 35.5 Å². The third-order valence-electron chi connectivity index (χ3n) is 4.61. The van der Waals surface area contributed by atoms with E-state index in [1.165, 1.54) is 36.7 Å². The van der Waals surface area contributed by atoms with Gasteiger partial charge in [-0.05, 0) is 49.2 Å². The number of aromatic nitrogens is 1. The highest BCUT2D eigenvalue weighted by Crippen LogP contribution is 2.28. The number of hydrogen-bond donors (Lipinski definition) is 2. The van der Waals surface area contributed by atoms with Crippen LogP contribution in [0.4, 0.5) is 5.13 Å². The Hall–Kier alpha value is -3.39. The Kier molecular flexibility index (Phi) is 6.68. The van der Waals surface area contributed by atoms with Crippen molar-refractivity contribution < 1.29 is 19.1 Å². The van der Waals surface area contributed by atoms with Crippen LogP contribution in [0.15, 0.2) is 41.8 Å². The standard InChI is InChI=1S/C22H23N3O4S/c1-13-5-6-15(9-14(13)2)17-12-30-22(24-17)25-20(26)11-23-21(27)16-7-8-18(28-3)19(10-16)29-4/h5-10,12H,11H2,1-4H3,(H,23,27)(H,24,25,26). The van der Waals surface area contributed by atoms with Gasteiger partial charge < -0.3 is 20.1 Å². The lowest BCUT2D eigenvalue weighted by molar-refractivity contribution is -0.115. The van der Waals surface area contributed by atoms with Crippen molar-refractivity contribution in [1.82, 2.24) is 10.3 Å². The second kappa shape index (κ2) is 9.41. The van der Waals surface area contributed by atoms with Gasteiger partial charge in [0.25, 0.3) is 5.91 Å². The van der Waals surface area contributed by atoms with Gasteiger partial charge in [-0.2, -0.15) is 0 Å². The number of carbonyl (C=O) groups excluding carboxylic acids is 2. The zero-order valence-corrected chi connectivity index (χ0v) is 18.1. The second-order valence-electron chi connectivity index (χ2n) is 6.64. The summed E-state index contributed by atoms with van der Waals surface area (Å²) >= 11 is 1.34. The molecule has 0 saturated carbocycles. The lowest BCUT2D eigenvalue weighted by Gasteiger charge is -2.10. The Morgan fingerprint density at radius 1 is 1.00 bits per heavy atom. The van der Waals surface area contributed by atoms with E-state index in [9.17, 15) is 9.59 Å². The predicted octanol–water partition coefficient (Wildman–Crippen LogP) is 3.81. The van der Waals surface area contributed by atoms with Crippen LogP contribution in [-0.4, -0.2) is 37.6 Å². The molecule has 1 heterocycles. The SMILES string of the molecule is COc1ccc(C(=O)NCC(=O)Nc2nc(-c3ccc(C)c(C)c3)cs2)cc1OC. The first-order valence-corrected chi connectivity index (χ1v) is 10.1. The van der Waals surface area contributed by atoms with Crippen LogP contribution in [0.1, 0.15) is 21.5 Å². The Morgan fingerprint density at radius 2 is 1.77 bits per heavy atom. The number of methoxy groups -OCH3 is 2. The molecule has 156 valence electrons. The fourth-order valence-electron chi connectivity index (χ4n) is 2.77. The number of thiazole rings is 1. The highest BCUT2D eigenvalue weighted by molar-refractivity contribution is 7.14. The lowest BCUT2D eigenvalue weighted by atomic mass is 10.1. The van der Waals surface area contributed by atoms with E-state index < -0.39 is 0 Å². The summed E-state index contributed by atoms with van der Waals surface area (Å²) < 4.78 is 10.3. The molecule has 8 heteroatoms. The molecule has 2 aromatic carbocycles. The van der Waals surface area contributed by atoms with E-state index in [1.807, 2.05) is 17.5 Å². The molecule has 0 unspecified atom stereocenters. The van der Waals surface area contributed by atoms with E-state index in [1.54, 1.807) is 18.2 Å². The molecule has 0 fully saturated rings. The van der Waals surface area contributed by atoms with Gasteiger partial charge >= 0.3 is 0 Å². The highest BCUT2D eigenvalue weighted by Gasteiger charge is 2.13. The van der Waals surface area contributed by atoms with Crippen LogP contribution >= 0.6 is 11.3 Å². The number of nitrogens with zero attached hydrogens (tertiary/aromatic N) is 1. The van der Waals surface area contributed by atoms with Gasteiger partial charge in [0.05, 0.1) is 26.5 Å². The normalized spacial score (nSPS) is 10.4. The number of amides is 2. The molecule has 3 aromatic rings. The average molecular weight is 426 g/mol. The number of rotatable bonds is 7. The summed E-state index contributed by atoms with van der Waals surface area (Å²) in [5.41, 5.74) is 4.56. The number of nitrogens with one attached hydrogen (secondary N) is 2. The van der Waals surface area contributed by atoms with Crippen molar-refractivity contribution >= 4 is 28.3 Å². The van der Waals surface area contributed by atoms with Gasteiger partial charge in [0.15, 0.2) is 16.6 Å². The van der Waals surface area contributed by atoms with Crippen LogP contribution in [0.2, 0.25) is 0 Å². The van der Waals surface area contributed by atoms with Crippen molar-refractivity contribution in [2.45, 2.75) is 13.8 Å². The Bertz CT molecular complexity index is 1080. The van der Waals surface area contributed by atoms with Crippen molar-refractivity contribution in [2.24, 2.45) is 0 Å². The molecule has 2 amide bonds. The van der Waals surface area contributed by atoms with Crippen molar-refractivity contribution in [3.63, 3.8) is 0 Å². The van der Waals surface area contributed by atoms with Gasteiger partial charge in [0.2, 0.25) is 5.91 Å². The van der Waals surface area contributed by atoms with Gasteiger partial charge in [-0.1, -0.05) is 12.1 Å². The van der Waals surface area contributed by atoms with E-state index >= 15 is 0 Å². The molecule has 0 aliphatic rings. The van der Waals surface area contributed by atoms with Crippen molar-refractivity contribution in [2.75, 3.05) is 26.1 Å². The van der Waals surface area contributed by atoms with Gasteiger partial charge in [0, 0.05) is 16.5 Å². The van der Waals surface area contributed by atoms with Gasteiger partial charge in [0.1, 0.15) is 0 Å². The zero-order valence-electron chi connectivity index (χ0n) is 17.2. The predicted molar refractivity (Wildman–Crippen MR) is 118 cm³/mol. The number of carbonyl (C=O) groups is 2. The first-order chi connectivity index (χ1) is 14.4. The molecule has 0 aliphatic heterocycles. The summed E-state index contributed by atoms with van der Waals surface area (Å²) in [5, 5.41) is 7.68. The fourth-order valence-corrected chi connectivity index (χ4v) is 3.50. The molecular weight excluding hydrogens is 402 g/mol. The topological polar surface area (TPSA) is 89.5 Å². The molecule has 2 N–H and O–H groups in total. The van der Waals surface area contributed by atoms with E-state index in [0.29, 0.717) is 22.2 Å². The molecule has 7 nitrogen and oxygen atoms in total. The molecular formula is C22H23N3O4S. The van der Waals surface area contributed by atoms with E-state index in [4.69, 9.17) is 9.47 Å². The minimum absolute atomic E-state index is 0.175. The maximum absolute atomic E-state index is 12.3. The number of aryl methyl sites for hydroxylation is 2. The Balaban J connectivity index is 1.58. The maximum atomic E-state index is 12.3. The molecule has 0 radical (unpaired) electrons. The number of ether oxygens (including phenoxy) is 2. The van der Waals surface area contributed by atoms with Gasteiger partial charge in [-0.3, -0.25) is 9.59 Å². The molecule has 3 rings (SSSR count). The van der Waals surface area contributed by atoms with Crippen LogP contribution in [0, 0.1) is 13.8 Å². The van der Waals surface area contributed by atoms with Gasteiger partial charge in [-0.15, -0.1) is 11.3 Å². The van der Waals surface area contributed by atoms with Crippen LogP contribution in [0.5, 0.6) is 11.5 Å². The lowest BCUT2D eigenvalue weighted by Crippen LogP contribution is -2.32. The minimum Gasteiger partial charge on any atom is -0.493 e. The molecule has 0 spiro atoms. The summed E-state index contributed by atoms with van der Waals surface area (Å²) in [6, 6.07) is 10.9. The highest BCUT2D eigenvalue weighted by atomic mass is 32.1. The molecule has 0 bridgehead atoms. The van der Waals surface area contributed by atoms with Crippen LogP contribution in [0.3, 0.4) is 0 Å². The van der Waals surface area contributed by atoms with Crippen LogP contribution in [0.25, 0.3) is 11.3 Å². The largest absolute Gasteiger partial charge is 0.493 e. The smallest absolute Gasteiger partial charge is 0.251 e. The summed E-state index contributed by atoms with van der Waals surface area (Å²) in [5.74, 6) is 0.220. The molecule has 0 atom stereocenters. The second-order valence-corrected chi connectivity index (χ2v) is 7.50. The number of anilines is 1. The fraction of sp³-hybridized carbons (Fsp3) is 0.227. The third-order valence-corrected chi connectivity index (χ3v) is 5.37. The average Bonchev–Trinajstić information content (AvgIpc) is 3.21. The first kappa shape index (κ1) is 21.3. The van der Waals surface area contributed by atoms with E-state index in [0.717, 1.165) is 11.3 Å². The summed E-state index contributed by atoms with van der Waals surface area (Å²) in [6.07, 6.45) is 0. The third kappa shape index (κ3) is 4.96. The van der Waals surface area contributed by atoms with Crippen molar-refractivity contribution in [1.29, 1.82) is 0 Å². The Morgan fingerprint density at radius 3 is 2.47 bits per heavy atom. The van der Waals surface area contributed by atoms with E-state index in [-0.39, 0.29) is 18.4 Å². The minimum atomic E-state index is -0.388. The van der Waals surface area contributed by atoms with Crippen LogP contribution < -0.4 is 20.1 Å².